The zero-order chi connectivity index (χ0) is 40.7. The van der Waals surface area contributed by atoms with Crippen LogP contribution in [0.4, 0.5) is 0 Å². The fraction of sp³-hybridized carbons (Fsp3) is 0.891. The van der Waals surface area contributed by atoms with Gasteiger partial charge in [0.05, 0.1) is 39.9 Å². The average Bonchev–Trinajstić information content (AvgIpc) is 3.13. The number of unbranched alkanes of at least 4 members (excludes halogenated alkanes) is 27. The van der Waals surface area contributed by atoms with E-state index < -0.39 is 20.0 Å². The smallest absolute Gasteiger partial charge is 0.268 e. The topological polar surface area (TPSA) is 108 Å². The van der Waals surface area contributed by atoms with Gasteiger partial charge < -0.3 is 28.8 Å². The van der Waals surface area contributed by atoms with Crippen molar-refractivity contribution in [1.29, 1.82) is 0 Å². The minimum absolute atomic E-state index is 0.00421. The molecule has 1 amide bonds. The molecule has 0 saturated heterocycles. The highest BCUT2D eigenvalue weighted by atomic mass is 31.2. The van der Waals surface area contributed by atoms with Crippen molar-refractivity contribution < 1.29 is 32.9 Å². The van der Waals surface area contributed by atoms with Gasteiger partial charge in [-0.2, -0.15) is 0 Å². The van der Waals surface area contributed by atoms with Gasteiger partial charge in [-0.1, -0.05) is 199 Å². The van der Waals surface area contributed by atoms with Crippen LogP contribution in [0.2, 0.25) is 0 Å². The van der Waals surface area contributed by atoms with Crippen LogP contribution < -0.4 is 10.2 Å². The number of likely N-dealkylation sites (N-methyl/N-ethyl adjacent to an activating group) is 1. The van der Waals surface area contributed by atoms with E-state index in [1.54, 1.807) is 6.08 Å². The third kappa shape index (κ3) is 41.0. The lowest BCUT2D eigenvalue weighted by atomic mass is 10.0. The van der Waals surface area contributed by atoms with Crippen molar-refractivity contribution in [2.75, 3.05) is 40.9 Å². The molecule has 3 unspecified atom stereocenters. The number of amides is 1. The summed E-state index contributed by atoms with van der Waals surface area (Å²) in [5.41, 5.74) is 0. The molecule has 0 aliphatic heterocycles. The maximum atomic E-state index is 12.8. The van der Waals surface area contributed by atoms with E-state index in [1.807, 2.05) is 27.2 Å². The third-order valence-electron chi connectivity index (χ3n) is 10.4. The first kappa shape index (κ1) is 54.0. The molecule has 0 saturated carbocycles. The molecular weight excluding hydrogens is 707 g/mol. The van der Waals surface area contributed by atoms with Gasteiger partial charge in [0, 0.05) is 6.42 Å². The molecule has 0 aromatic rings. The standard InChI is InChI=1S/C46H91N2O6P/c1-6-8-10-12-14-16-18-20-22-23-24-25-26-27-29-31-33-35-37-39-45(49)44(43-54-55(51,52)53-42-41-48(3,4)5)47-46(50)40-38-36-34-32-30-28-21-19-17-15-13-11-9-7-2/h29,31,37,39,44-45,49H,6-28,30,32-36,38,40-43H2,1-5H3,(H-,47,50,51,52)/b31-29+,39-37+. The molecule has 3 atom stereocenters. The highest BCUT2D eigenvalue weighted by molar-refractivity contribution is 7.45. The molecule has 0 aromatic carbocycles. The number of hydrogen-bond acceptors (Lipinski definition) is 6. The van der Waals surface area contributed by atoms with Crippen molar-refractivity contribution in [1.82, 2.24) is 5.32 Å². The Bertz CT molecular complexity index is 953. The van der Waals surface area contributed by atoms with Crippen LogP contribution in [0.1, 0.15) is 213 Å². The molecule has 0 aromatic heterocycles. The van der Waals surface area contributed by atoms with Gasteiger partial charge in [0.1, 0.15) is 13.2 Å². The first-order valence-corrected chi connectivity index (χ1v) is 24.7. The van der Waals surface area contributed by atoms with Crippen LogP contribution in [0.25, 0.3) is 0 Å². The van der Waals surface area contributed by atoms with E-state index in [9.17, 15) is 19.4 Å². The van der Waals surface area contributed by atoms with Gasteiger partial charge in [-0.05, 0) is 32.1 Å². The van der Waals surface area contributed by atoms with Crippen LogP contribution in [0.3, 0.4) is 0 Å². The Labute approximate surface area is 341 Å². The predicted molar refractivity (Wildman–Crippen MR) is 233 cm³/mol. The summed E-state index contributed by atoms with van der Waals surface area (Å²) in [5.74, 6) is -0.206. The van der Waals surface area contributed by atoms with Crippen LogP contribution in [0.5, 0.6) is 0 Å². The highest BCUT2D eigenvalue weighted by Gasteiger charge is 2.23. The van der Waals surface area contributed by atoms with Gasteiger partial charge in [-0.3, -0.25) is 9.36 Å². The number of aliphatic hydroxyl groups excluding tert-OH is 1. The Morgan fingerprint density at radius 2 is 1.02 bits per heavy atom. The lowest BCUT2D eigenvalue weighted by molar-refractivity contribution is -0.870. The number of phosphoric acid groups is 1. The van der Waals surface area contributed by atoms with E-state index in [1.165, 1.54) is 154 Å². The maximum Gasteiger partial charge on any atom is 0.268 e. The van der Waals surface area contributed by atoms with Crippen LogP contribution in [-0.4, -0.2) is 68.5 Å². The number of hydrogen-bond donors (Lipinski definition) is 2. The number of rotatable bonds is 42. The van der Waals surface area contributed by atoms with Crippen molar-refractivity contribution in [3.8, 4) is 0 Å². The SMILES string of the molecule is CCCCCCCCCCCCCCC/C=C/CC/C=C/C(O)C(COP(=O)([O-])OCC[N+](C)(C)C)NC(=O)CCCCCCCCCCCCCCCC. The summed E-state index contributed by atoms with van der Waals surface area (Å²) in [4.78, 5) is 25.3. The third-order valence-corrected chi connectivity index (χ3v) is 11.4. The van der Waals surface area contributed by atoms with Crippen molar-refractivity contribution in [2.24, 2.45) is 0 Å². The van der Waals surface area contributed by atoms with Crippen LogP contribution in [0, 0.1) is 0 Å². The van der Waals surface area contributed by atoms with Crippen molar-refractivity contribution in [2.45, 2.75) is 225 Å². The van der Waals surface area contributed by atoms with Crippen LogP contribution >= 0.6 is 7.82 Å². The summed E-state index contributed by atoms with van der Waals surface area (Å²) >= 11 is 0. The van der Waals surface area contributed by atoms with E-state index in [0.717, 1.165) is 38.5 Å². The molecule has 55 heavy (non-hydrogen) atoms. The molecule has 0 aliphatic rings. The van der Waals surface area contributed by atoms with E-state index in [0.29, 0.717) is 17.4 Å². The number of phosphoric ester groups is 1. The molecule has 2 N–H and O–H groups in total. The first-order chi connectivity index (χ1) is 26.5. The minimum Gasteiger partial charge on any atom is -0.756 e. The van der Waals surface area contributed by atoms with E-state index >= 15 is 0 Å². The van der Waals surface area contributed by atoms with Crippen molar-refractivity contribution in [3.05, 3.63) is 24.3 Å². The van der Waals surface area contributed by atoms with E-state index in [2.05, 4.69) is 31.3 Å². The number of nitrogens with one attached hydrogen (secondary N) is 1. The molecule has 0 bridgehead atoms. The Morgan fingerprint density at radius 1 is 0.618 bits per heavy atom. The zero-order valence-electron chi connectivity index (χ0n) is 36.9. The minimum atomic E-state index is -4.59. The number of allylic oxidation sites excluding steroid dienone is 3. The Kier molecular flexibility index (Phi) is 37.8. The van der Waals surface area contributed by atoms with Crippen molar-refractivity contribution in [3.63, 3.8) is 0 Å². The molecule has 0 aliphatic carbocycles. The summed E-state index contributed by atoms with van der Waals surface area (Å²) in [6, 6.07) is -0.897. The lowest BCUT2D eigenvalue weighted by Gasteiger charge is -2.29. The number of nitrogens with zero attached hydrogens (tertiary/aromatic N) is 1. The first-order valence-electron chi connectivity index (χ1n) is 23.2. The molecule has 0 radical (unpaired) electrons. The summed E-state index contributed by atoms with van der Waals surface area (Å²) in [6.07, 6.45) is 45.1. The molecule has 8 nitrogen and oxygen atoms in total. The number of carbonyl (C=O) groups excluding carboxylic acids is 1. The second-order valence-electron chi connectivity index (χ2n) is 17.1. The van der Waals surface area contributed by atoms with Gasteiger partial charge >= 0.3 is 0 Å². The average molecular weight is 799 g/mol. The summed E-state index contributed by atoms with van der Waals surface area (Å²) in [5, 5.41) is 13.8. The van der Waals surface area contributed by atoms with Crippen LogP contribution in [-0.2, 0) is 18.4 Å². The zero-order valence-corrected chi connectivity index (χ0v) is 37.8. The number of aliphatic hydroxyl groups is 1. The monoisotopic (exact) mass is 799 g/mol. The lowest BCUT2D eigenvalue weighted by Crippen LogP contribution is -2.45. The van der Waals surface area contributed by atoms with Gasteiger partial charge in [0.15, 0.2) is 0 Å². The molecule has 0 spiro atoms. The van der Waals surface area contributed by atoms with Gasteiger partial charge in [-0.15, -0.1) is 0 Å². The van der Waals surface area contributed by atoms with E-state index in [-0.39, 0.29) is 19.1 Å². The molecule has 0 heterocycles. The second-order valence-corrected chi connectivity index (χ2v) is 18.5. The van der Waals surface area contributed by atoms with E-state index in [4.69, 9.17) is 9.05 Å². The molecule has 0 fully saturated rings. The quantitative estimate of drug-likeness (QED) is 0.0276. The predicted octanol–water partition coefficient (Wildman–Crippen LogP) is 12.3. The summed E-state index contributed by atoms with van der Waals surface area (Å²) in [7, 11) is 1.25. The highest BCUT2D eigenvalue weighted by Crippen LogP contribution is 2.38. The largest absolute Gasteiger partial charge is 0.756 e. The fourth-order valence-corrected chi connectivity index (χ4v) is 7.42. The molecule has 0 rings (SSSR count). The molecular formula is C46H91N2O6P. The summed E-state index contributed by atoms with van der Waals surface area (Å²) in [6.45, 7) is 4.64. The molecule has 326 valence electrons. The summed E-state index contributed by atoms with van der Waals surface area (Å²) < 4.78 is 23.2. The Hall–Kier alpha value is -1.02. The fourth-order valence-electron chi connectivity index (χ4n) is 6.70. The van der Waals surface area contributed by atoms with Gasteiger partial charge in [-0.25, -0.2) is 0 Å². The van der Waals surface area contributed by atoms with Gasteiger partial charge in [0.25, 0.3) is 7.82 Å². The number of carbonyl (C=O) groups is 1. The number of quaternary nitrogens is 1. The van der Waals surface area contributed by atoms with Crippen molar-refractivity contribution >= 4 is 13.7 Å². The van der Waals surface area contributed by atoms with Gasteiger partial charge in [0.2, 0.25) is 5.91 Å². The molecule has 9 heteroatoms. The second kappa shape index (κ2) is 38.5. The van der Waals surface area contributed by atoms with Crippen LogP contribution in [0.15, 0.2) is 24.3 Å². The Balaban J connectivity index is 4.42. The normalized spacial score (nSPS) is 14.5. The maximum absolute atomic E-state index is 12.8. The Morgan fingerprint density at radius 3 is 1.47 bits per heavy atom.